The first kappa shape index (κ1) is 12.8. The first-order valence-corrected chi connectivity index (χ1v) is 6.39. The Morgan fingerprint density at radius 3 is 2.33 bits per heavy atom. The quantitative estimate of drug-likeness (QED) is 0.802. The summed E-state index contributed by atoms with van der Waals surface area (Å²) in [6, 6.07) is 12.4. The molecule has 3 N–H and O–H groups in total. The van der Waals surface area contributed by atoms with Crippen LogP contribution >= 0.6 is 15.9 Å². The number of aromatic hydroxyl groups is 2. The minimum atomic E-state index is -0.0164. The van der Waals surface area contributed by atoms with Crippen LogP contribution in [0.1, 0.15) is 18.5 Å². The molecule has 2 rings (SSSR count). The number of rotatable bonds is 3. The van der Waals surface area contributed by atoms with Gasteiger partial charge in [0.15, 0.2) is 0 Å². The summed E-state index contributed by atoms with van der Waals surface area (Å²) in [4.78, 5) is 0. The molecule has 0 heterocycles. The number of halogens is 1. The summed E-state index contributed by atoms with van der Waals surface area (Å²) in [5.74, 6) is 0.126. The number of hydrogen-bond donors (Lipinski definition) is 3. The lowest BCUT2D eigenvalue weighted by atomic mass is 10.1. The number of nitrogens with one attached hydrogen (secondary N) is 1. The van der Waals surface area contributed by atoms with Crippen molar-refractivity contribution in [2.75, 3.05) is 5.32 Å². The van der Waals surface area contributed by atoms with Gasteiger partial charge in [0.05, 0.1) is 0 Å². The van der Waals surface area contributed by atoms with Crippen molar-refractivity contribution in [3.8, 4) is 11.5 Å². The molecule has 3 nitrogen and oxygen atoms in total. The fourth-order valence-electron chi connectivity index (χ4n) is 1.78. The van der Waals surface area contributed by atoms with Crippen LogP contribution in [-0.2, 0) is 0 Å². The molecule has 0 aliphatic carbocycles. The van der Waals surface area contributed by atoms with E-state index in [0.717, 1.165) is 15.7 Å². The van der Waals surface area contributed by atoms with E-state index in [1.807, 2.05) is 31.2 Å². The summed E-state index contributed by atoms with van der Waals surface area (Å²) >= 11 is 3.41. The molecule has 4 heteroatoms. The maximum absolute atomic E-state index is 9.46. The minimum absolute atomic E-state index is 0.0164. The molecule has 0 saturated heterocycles. The van der Waals surface area contributed by atoms with Gasteiger partial charge >= 0.3 is 0 Å². The summed E-state index contributed by atoms with van der Waals surface area (Å²) < 4.78 is 0.999. The maximum atomic E-state index is 9.46. The smallest absolute Gasteiger partial charge is 0.119 e. The van der Waals surface area contributed by atoms with Crippen LogP contribution in [0.15, 0.2) is 46.9 Å². The molecule has 0 aliphatic heterocycles. The molecule has 1 atom stereocenters. The van der Waals surface area contributed by atoms with Crippen molar-refractivity contribution in [1.29, 1.82) is 0 Å². The van der Waals surface area contributed by atoms with E-state index in [0.29, 0.717) is 0 Å². The van der Waals surface area contributed by atoms with Crippen LogP contribution in [0.4, 0.5) is 5.69 Å². The Labute approximate surface area is 114 Å². The first-order chi connectivity index (χ1) is 8.54. The molecule has 0 aromatic heterocycles. The lowest BCUT2D eigenvalue weighted by Gasteiger charge is -2.16. The highest BCUT2D eigenvalue weighted by atomic mass is 79.9. The van der Waals surface area contributed by atoms with Crippen molar-refractivity contribution in [2.45, 2.75) is 13.0 Å². The van der Waals surface area contributed by atoms with E-state index < -0.39 is 0 Å². The van der Waals surface area contributed by atoms with E-state index in [1.54, 1.807) is 12.1 Å². The van der Waals surface area contributed by atoms with Gasteiger partial charge in [-0.25, -0.2) is 0 Å². The monoisotopic (exact) mass is 307 g/mol. The third-order valence-electron chi connectivity index (χ3n) is 2.63. The summed E-state index contributed by atoms with van der Waals surface area (Å²) in [7, 11) is 0. The Balaban J connectivity index is 2.19. The van der Waals surface area contributed by atoms with Gasteiger partial charge in [0.1, 0.15) is 11.5 Å². The predicted molar refractivity (Wildman–Crippen MR) is 76.0 cm³/mol. The highest BCUT2D eigenvalue weighted by Crippen LogP contribution is 2.27. The van der Waals surface area contributed by atoms with Crippen molar-refractivity contribution in [3.63, 3.8) is 0 Å². The average molecular weight is 308 g/mol. The minimum Gasteiger partial charge on any atom is -0.508 e. The molecule has 94 valence electrons. The molecule has 0 bridgehead atoms. The van der Waals surface area contributed by atoms with E-state index in [4.69, 9.17) is 0 Å². The van der Waals surface area contributed by atoms with Gasteiger partial charge in [-0.2, -0.15) is 0 Å². The van der Waals surface area contributed by atoms with Gasteiger partial charge in [0.25, 0.3) is 0 Å². The zero-order valence-corrected chi connectivity index (χ0v) is 11.5. The molecular weight excluding hydrogens is 294 g/mol. The van der Waals surface area contributed by atoms with Gasteiger partial charge in [-0.1, -0.05) is 22.0 Å². The molecule has 0 spiro atoms. The van der Waals surface area contributed by atoms with Crippen LogP contribution in [0.3, 0.4) is 0 Å². The molecule has 1 unspecified atom stereocenters. The first-order valence-electron chi connectivity index (χ1n) is 5.59. The van der Waals surface area contributed by atoms with Crippen molar-refractivity contribution in [1.82, 2.24) is 0 Å². The number of anilines is 1. The Hall–Kier alpha value is -1.68. The largest absolute Gasteiger partial charge is 0.508 e. The lowest BCUT2D eigenvalue weighted by molar-refractivity contribution is 0.448. The van der Waals surface area contributed by atoms with E-state index in [2.05, 4.69) is 21.2 Å². The molecule has 0 radical (unpaired) electrons. The van der Waals surface area contributed by atoms with Crippen LogP contribution < -0.4 is 5.32 Å². The highest BCUT2D eigenvalue weighted by Gasteiger charge is 2.08. The van der Waals surface area contributed by atoms with E-state index in [1.165, 1.54) is 6.07 Å². The van der Waals surface area contributed by atoms with E-state index >= 15 is 0 Å². The van der Waals surface area contributed by atoms with Crippen LogP contribution in [0, 0.1) is 0 Å². The predicted octanol–water partition coefficient (Wildman–Crippen LogP) is 4.03. The number of hydrogen-bond acceptors (Lipinski definition) is 3. The van der Waals surface area contributed by atoms with Gasteiger partial charge < -0.3 is 15.5 Å². The summed E-state index contributed by atoms with van der Waals surface area (Å²) in [6.07, 6.45) is 0. The molecule has 0 saturated carbocycles. The third-order valence-corrected chi connectivity index (χ3v) is 3.13. The second-order valence-corrected chi connectivity index (χ2v) is 5.07. The van der Waals surface area contributed by atoms with Crippen molar-refractivity contribution < 1.29 is 10.2 Å². The van der Waals surface area contributed by atoms with E-state index in [9.17, 15) is 10.2 Å². The topological polar surface area (TPSA) is 52.5 Å². The molecule has 0 aliphatic rings. The van der Waals surface area contributed by atoms with Gasteiger partial charge in [-0.3, -0.25) is 0 Å². The zero-order chi connectivity index (χ0) is 13.1. The number of benzene rings is 2. The van der Waals surface area contributed by atoms with Gasteiger partial charge in [0.2, 0.25) is 0 Å². The Bertz CT molecular complexity index is 537. The Morgan fingerprint density at radius 2 is 1.72 bits per heavy atom. The average Bonchev–Trinajstić information content (AvgIpc) is 2.27. The van der Waals surface area contributed by atoms with Crippen LogP contribution in [0.2, 0.25) is 0 Å². The summed E-state index contributed by atoms with van der Waals surface area (Å²) in [5.41, 5.74) is 1.80. The fourth-order valence-corrected chi connectivity index (χ4v) is 2.18. The highest BCUT2D eigenvalue weighted by molar-refractivity contribution is 9.10. The Kier molecular flexibility index (Phi) is 3.77. The molecule has 2 aromatic rings. The summed E-state index contributed by atoms with van der Waals surface area (Å²) in [5, 5.41) is 22.2. The maximum Gasteiger partial charge on any atom is 0.119 e. The van der Waals surface area contributed by atoms with Crippen LogP contribution in [0.5, 0.6) is 11.5 Å². The van der Waals surface area contributed by atoms with Crippen molar-refractivity contribution in [3.05, 3.63) is 52.5 Å². The third kappa shape index (κ3) is 3.17. The fraction of sp³-hybridized carbons (Fsp3) is 0.143. The van der Waals surface area contributed by atoms with Crippen molar-refractivity contribution >= 4 is 21.6 Å². The molecule has 18 heavy (non-hydrogen) atoms. The van der Waals surface area contributed by atoms with Crippen LogP contribution in [0.25, 0.3) is 0 Å². The van der Waals surface area contributed by atoms with Gasteiger partial charge in [-0.15, -0.1) is 0 Å². The summed E-state index contributed by atoms with van der Waals surface area (Å²) in [6.45, 7) is 1.97. The zero-order valence-electron chi connectivity index (χ0n) is 9.89. The molecular formula is C14H14BrNO2. The molecule has 2 aromatic carbocycles. The number of phenolic OH excluding ortho intramolecular Hbond substituents is 2. The number of phenols is 2. The normalized spacial score (nSPS) is 12.1. The SMILES string of the molecule is CC(Nc1cccc(Br)c1)c1cc(O)cc(O)c1. The standard InChI is InChI=1S/C14H14BrNO2/c1-9(10-5-13(17)8-14(18)6-10)16-12-4-2-3-11(15)7-12/h2-9,16-18H,1H3. The van der Waals surface area contributed by atoms with Crippen LogP contribution in [-0.4, -0.2) is 10.2 Å². The van der Waals surface area contributed by atoms with Gasteiger partial charge in [-0.05, 0) is 42.8 Å². The Morgan fingerprint density at radius 1 is 1.06 bits per heavy atom. The van der Waals surface area contributed by atoms with E-state index in [-0.39, 0.29) is 17.5 Å². The lowest BCUT2D eigenvalue weighted by Crippen LogP contribution is -2.06. The van der Waals surface area contributed by atoms with Crippen molar-refractivity contribution in [2.24, 2.45) is 0 Å². The molecule has 0 amide bonds. The second kappa shape index (κ2) is 5.31. The second-order valence-electron chi connectivity index (χ2n) is 4.16. The van der Waals surface area contributed by atoms with Gasteiger partial charge in [0, 0.05) is 22.3 Å². The molecule has 0 fully saturated rings.